The second-order valence-corrected chi connectivity index (χ2v) is 6.43. The van der Waals surface area contributed by atoms with Crippen LogP contribution in [-0.4, -0.2) is 52.3 Å². The van der Waals surface area contributed by atoms with E-state index >= 15 is 0 Å². The Balaban J connectivity index is 1.62. The lowest BCUT2D eigenvalue weighted by molar-refractivity contribution is 0.0710. The Bertz CT molecular complexity index is 686. The number of benzene rings is 1. The second-order valence-electron chi connectivity index (χ2n) is 6.43. The molecule has 1 aliphatic heterocycles. The fourth-order valence-electron chi connectivity index (χ4n) is 3.23. The highest BCUT2D eigenvalue weighted by molar-refractivity contribution is 5.94. The van der Waals surface area contributed by atoms with Crippen molar-refractivity contribution < 1.29 is 4.79 Å². The zero-order valence-corrected chi connectivity index (χ0v) is 14.6. The molecule has 0 unspecified atom stereocenters. The third kappa shape index (κ3) is 3.27. The molecule has 1 amide bonds. The zero-order chi connectivity index (χ0) is 17.1. The van der Waals surface area contributed by atoms with Crippen molar-refractivity contribution in [2.24, 2.45) is 7.05 Å². The largest absolute Gasteiger partial charge is 0.375 e. The molecule has 6 heteroatoms. The van der Waals surface area contributed by atoms with Gasteiger partial charge in [-0.05, 0) is 44.0 Å². The van der Waals surface area contributed by atoms with Crippen LogP contribution < -0.4 is 4.90 Å². The standard InChI is InChI=1S/C18H25N5O/c1-4-21(2)16-7-5-15(6-8-16)18(24)23-11-9-14(10-12-23)17-20-19-13-22(17)3/h5-8,13-14H,4,9-12H2,1-3H3. The second kappa shape index (κ2) is 7.03. The quantitative estimate of drug-likeness (QED) is 0.864. The summed E-state index contributed by atoms with van der Waals surface area (Å²) < 4.78 is 1.98. The molecule has 24 heavy (non-hydrogen) atoms. The summed E-state index contributed by atoms with van der Waals surface area (Å²) in [5.74, 6) is 1.54. The molecular formula is C18H25N5O. The van der Waals surface area contributed by atoms with Gasteiger partial charge >= 0.3 is 0 Å². The predicted molar refractivity (Wildman–Crippen MR) is 94.3 cm³/mol. The third-order valence-corrected chi connectivity index (χ3v) is 4.92. The van der Waals surface area contributed by atoms with E-state index in [4.69, 9.17) is 0 Å². The zero-order valence-electron chi connectivity index (χ0n) is 14.6. The molecule has 1 aromatic heterocycles. The summed E-state index contributed by atoms with van der Waals surface area (Å²) in [5.41, 5.74) is 1.90. The van der Waals surface area contributed by atoms with Crippen LogP contribution in [0.1, 0.15) is 41.9 Å². The lowest BCUT2D eigenvalue weighted by atomic mass is 9.95. The number of aromatic nitrogens is 3. The van der Waals surface area contributed by atoms with Crippen molar-refractivity contribution in [1.82, 2.24) is 19.7 Å². The number of nitrogens with zero attached hydrogens (tertiary/aromatic N) is 5. The van der Waals surface area contributed by atoms with Crippen LogP contribution >= 0.6 is 0 Å². The monoisotopic (exact) mass is 327 g/mol. The van der Waals surface area contributed by atoms with Gasteiger partial charge in [0.2, 0.25) is 0 Å². The molecule has 6 nitrogen and oxygen atoms in total. The van der Waals surface area contributed by atoms with Crippen LogP contribution in [0.2, 0.25) is 0 Å². The summed E-state index contributed by atoms with van der Waals surface area (Å²) >= 11 is 0. The van der Waals surface area contributed by atoms with Crippen molar-refractivity contribution in [1.29, 1.82) is 0 Å². The van der Waals surface area contributed by atoms with Crippen LogP contribution in [0, 0.1) is 0 Å². The van der Waals surface area contributed by atoms with E-state index in [1.165, 1.54) is 0 Å². The van der Waals surface area contributed by atoms with Gasteiger partial charge in [0.25, 0.3) is 5.91 Å². The highest BCUT2D eigenvalue weighted by Gasteiger charge is 2.26. The van der Waals surface area contributed by atoms with Crippen molar-refractivity contribution in [3.05, 3.63) is 42.0 Å². The number of amides is 1. The Morgan fingerprint density at radius 2 is 1.92 bits per heavy atom. The Morgan fingerprint density at radius 3 is 2.46 bits per heavy atom. The number of carbonyl (C=O) groups excluding carboxylic acids is 1. The van der Waals surface area contributed by atoms with Gasteiger partial charge in [-0.3, -0.25) is 4.79 Å². The number of piperidine rings is 1. The smallest absolute Gasteiger partial charge is 0.253 e. The fourth-order valence-corrected chi connectivity index (χ4v) is 3.23. The maximum absolute atomic E-state index is 12.7. The van der Waals surface area contributed by atoms with Crippen molar-refractivity contribution in [3.63, 3.8) is 0 Å². The molecule has 0 aliphatic carbocycles. The van der Waals surface area contributed by atoms with Crippen LogP contribution in [0.15, 0.2) is 30.6 Å². The number of hydrogen-bond acceptors (Lipinski definition) is 4. The number of likely N-dealkylation sites (tertiary alicyclic amines) is 1. The highest BCUT2D eigenvalue weighted by atomic mass is 16.2. The van der Waals surface area contributed by atoms with Gasteiger partial charge in [0.05, 0.1) is 0 Å². The van der Waals surface area contributed by atoms with E-state index in [-0.39, 0.29) is 5.91 Å². The van der Waals surface area contributed by atoms with E-state index in [0.717, 1.165) is 49.6 Å². The van der Waals surface area contributed by atoms with Gasteiger partial charge in [-0.15, -0.1) is 10.2 Å². The molecule has 0 spiro atoms. The van der Waals surface area contributed by atoms with E-state index in [2.05, 4.69) is 22.0 Å². The van der Waals surface area contributed by atoms with E-state index < -0.39 is 0 Å². The highest BCUT2D eigenvalue weighted by Crippen LogP contribution is 2.27. The van der Waals surface area contributed by atoms with Gasteiger partial charge in [0.15, 0.2) is 0 Å². The molecule has 0 bridgehead atoms. The first-order valence-corrected chi connectivity index (χ1v) is 8.54. The van der Waals surface area contributed by atoms with Gasteiger partial charge in [-0.25, -0.2) is 0 Å². The van der Waals surface area contributed by atoms with Gasteiger partial charge in [0, 0.05) is 50.9 Å². The molecule has 1 aliphatic rings. The maximum Gasteiger partial charge on any atom is 0.253 e. The summed E-state index contributed by atoms with van der Waals surface area (Å²) in [5, 5.41) is 8.16. The summed E-state index contributed by atoms with van der Waals surface area (Å²) in [6.07, 6.45) is 3.62. The minimum Gasteiger partial charge on any atom is -0.375 e. The molecule has 128 valence electrons. The Kier molecular flexibility index (Phi) is 4.83. The van der Waals surface area contributed by atoms with E-state index in [9.17, 15) is 4.79 Å². The molecular weight excluding hydrogens is 302 g/mol. The molecule has 3 rings (SSSR count). The Morgan fingerprint density at radius 1 is 1.25 bits per heavy atom. The molecule has 2 aromatic rings. The van der Waals surface area contributed by atoms with Gasteiger partial charge in [-0.2, -0.15) is 0 Å². The molecule has 1 fully saturated rings. The van der Waals surface area contributed by atoms with Crippen molar-refractivity contribution in [2.75, 3.05) is 31.6 Å². The van der Waals surface area contributed by atoms with Crippen LogP contribution in [0.3, 0.4) is 0 Å². The molecule has 1 saturated heterocycles. The fraction of sp³-hybridized carbons (Fsp3) is 0.500. The average molecular weight is 327 g/mol. The molecule has 0 saturated carbocycles. The van der Waals surface area contributed by atoms with Gasteiger partial charge < -0.3 is 14.4 Å². The van der Waals surface area contributed by atoms with Crippen LogP contribution in [0.4, 0.5) is 5.69 Å². The lowest BCUT2D eigenvalue weighted by Gasteiger charge is -2.31. The Labute approximate surface area is 143 Å². The molecule has 0 radical (unpaired) electrons. The van der Waals surface area contributed by atoms with E-state index in [1.807, 2.05) is 47.8 Å². The first kappa shape index (κ1) is 16.5. The number of hydrogen-bond donors (Lipinski definition) is 0. The summed E-state index contributed by atoms with van der Waals surface area (Å²) in [6.45, 7) is 4.60. The van der Waals surface area contributed by atoms with Crippen molar-refractivity contribution in [3.8, 4) is 0 Å². The summed E-state index contributed by atoms with van der Waals surface area (Å²) in [6, 6.07) is 7.89. The number of anilines is 1. The number of carbonyl (C=O) groups is 1. The minimum absolute atomic E-state index is 0.122. The molecule has 2 heterocycles. The van der Waals surface area contributed by atoms with Crippen LogP contribution in [0.25, 0.3) is 0 Å². The molecule has 1 aromatic carbocycles. The third-order valence-electron chi connectivity index (χ3n) is 4.92. The first-order valence-electron chi connectivity index (χ1n) is 8.54. The normalized spacial score (nSPS) is 15.5. The van der Waals surface area contributed by atoms with E-state index in [0.29, 0.717) is 5.92 Å². The van der Waals surface area contributed by atoms with Gasteiger partial charge in [-0.1, -0.05) is 0 Å². The van der Waals surface area contributed by atoms with E-state index in [1.54, 1.807) is 6.33 Å². The lowest BCUT2D eigenvalue weighted by Crippen LogP contribution is -2.38. The molecule has 0 atom stereocenters. The van der Waals surface area contributed by atoms with Crippen molar-refractivity contribution >= 4 is 11.6 Å². The summed E-state index contributed by atoms with van der Waals surface area (Å²) in [7, 11) is 4.02. The van der Waals surface area contributed by atoms with Gasteiger partial charge in [0.1, 0.15) is 12.2 Å². The number of aryl methyl sites for hydroxylation is 1. The van der Waals surface area contributed by atoms with Crippen LogP contribution in [-0.2, 0) is 7.05 Å². The predicted octanol–water partition coefficient (Wildman–Crippen LogP) is 2.29. The average Bonchev–Trinajstić information content (AvgIpc) is 3.06. The summed E-state index contributed by atoms with van der Waals surface area (Å²) in [4.78, 5) is 16.8. The topological polar surface area (TPSA) is 54.3 Å². The minimum atomic E-state index is 0.122. The SMILES string of the molecule is CCN(C)c1ccc(C(=O)N2CCC(c3nncn3C)CC2)cc1. The van der Waals surface area contributed by atoms with Crippen molar-refractivity contribution in [2.45, 2.75) is 25.7 Å². The molecule has 0 N–H and O–H groups in total. The van der Waals surface area contributed by atoms with Crippen LogP contribution in [0.5, 0.6) is 0 Å². The first-order chi connectivity index (χ1) is 11.6. The maximum atomic E-state index is 12.7. The Hall–Kier alpha value is -2.37. The number of rotatable bonds is 4.